The van der Waals surface area contributed by atoms with Crippen LogP contribution in [0.3, 0.4) is 0 Å². The minimum atomic E-state index is -0.327. The first kappa shape index (κ1) is 12.1. The van der Waals surface area contributed by atoms with Crippen molar-refractivity contribution in [2.24, 2.45) is 5.92 Å². The second-order valence-corrected chi connectivity index (χ2v) is 5.74. The lowest BCUT2D eigenvalue weighted by atomic mass is 9.93. The second kappa shape index (κ2) is 4.86. The van der Waals surface area contributed by atoms with Crippen LogP contribution in [0, 0.1) is 5.92 Å². The molecule has 0 aliphatic heterocycles. The summed E-state index contributed by atoms with van der Waals surface area (Å²) in [6.07, 6.45) is 2.65. The monoisotopic (exact) mass is 283 g/mol. The highest BCUT2D eigenvalue weighted by atomic mass is 79.9. The van der Waals surface area contributed by atoms with Crippen molar-refractivity contribution < 1.29 is 5.11 Å². The van der Waals surface area contributed by atoms with Gasteiger partial charge in [-0.3, -0.25) is 0 Å². The zero-order valence-corrected chi connectivity index (χ0v) is 11.1. The Bertz CT molecular complexity index is 365. The molecule has 1 aromatic carbocycles. The summed E-state index contributed by atoms with van der Waals surface area (Å²) >= 11 is 3.47. The lowest BCUT2D eigenvalue weighted by Crippen LogP contribution is -2.43. The Balaban J connectivity index is 2.11. The predicted molar refractivity (Wildman–Crippen MR) is 69.3 cm³/mol. The van der Waals surface area contributed by atoms with Crippen molar-refractivity contribution in [3.05, 3.63) is 34.3 Å². The summed E-state index contributed by atoms with van der Waals surface area (Å²) < 4.78 is 1.05. The fraction of sp³-hybridized carbons (Fsp3) is 0.538. The molecule has 1 aliphatic carbocycles. The van der Waals surface area contributed by atoms with Gasteiger partial charge in [0.05, 0.1) is 12.1 Å². The molecule has 1 atom stereocenters. The van der Waals surface area contributed by atoms with Gasteiger partial charge in [-0.2, -0.15) is 0 Å². The van der Waals surface area contributed by atoms with Crippen molar-refractivity contribution in [2.75, 3.05) is 13.2 Å². The Morgan fingerprint density at radius 1 is 1.50 bits per heavy atom. The van der Waals surface area contributed by atoms with Gasteiger partial charge in [-0.15, -0.1) is 0 Å². The van der Waals surface area contributed by atoms with E-state index < -0.39 is 0 Å². The molecule has 0 bridgehead atoms. The van der Waals surface area contributed by atoms with Crippen molar-refractivity contribution in [1.29, 1.82) is 0 Å². The molecule has 0 heterocycles. The number of aliphatic hydroxyl groups excluding tert-OH is 1. The molecule has 0 amide bonds. The summed E-state index contributed by atoms with van der Waals surface area (Å²) in [7, 11) is 0. The van der Waals surface area contributed by atoms with Gasteiger partial charge in [0, 0.05) is 4.47 Å². The Morgan fingerprint density at radius 2 is 2.25 bits per heavy atom. The smallest absolute Gasteiger partial charge is 0.0652 e. The molecule has 0 saturated heterocycles. The van der Waals surface area contributed by atoms with E-state index >= 15 is 0 Å². The largest absolute Gasteiger partial charge is 0.394 e. The van der Waals surface area contributed by atoms with E-state index in [0.717, 1.165) is 22.5 Å². The molecule has 0 spiro atoms. The van der Waals surface area contributed by atoms with E-state index in [2.05, 4.69) is 40.3 Å². The first-order chi connectivity index (χ1) is 7.64. The van der Waals surface area contributed by atoms with Crippen LogP contribution >= 0.6 is 15.9 Å². The summed E-state index contributed by atoms with van der Waals surface area (Å²) in [4.78, 5) is 0. The normalized spacial score (nSPS) is 19.4. The van der Waals surface area contributed by atoms with Crippen LogP contribution in [0.2, 0.25) is 0 Å². The van der Waals surface area contributed by atoms with Crippen molar-refractivity contribution in [2.45, 2.75) is 25.3 Å². The van der Waals surface area contributed by atoms with Gasteiger partial charge >= 0.3 is 0 Å². The summed E-state index contributed by atoms with van der Waals surface area (Å²) in [5.41, 5.74) is 0.803. The summed E-state index contributed by atoms with van der Waals surface area (Å²) in [5.74, 6) is 0.818. The van der Waals surface area contributed by atoms with Gasteiger partial charge in [-0.25, -0.2) is 0 Å². The molecule has 1 aromatic rings. The Kier molecular flexibility index (Phi) is 3.67. The Hall–Kier alpha value is -0.380. The highest BCUT2D eigenvalue weighted by Gasteiger charge is 2.29. The number of benzene rings is 1. The fourth-order valence-corrected chi connectivity index (χ4v) is 2.17. The highest BCUT2D eigenvalue weighted by Crippen LogP contribution is 2.30. The molecule has 1 aliphatic rings. The lowest BCUT2D eigenvalue weighted by molar-refractivity contribution is 0.174. The van der Waals surface area contributed by atoms with Gasteiger partial charge in [0.2, 0.25) is 0 Å². The molecule has 2 rings (SSSR count). The Labute approximate surface area is 105 Å². The molecule has 0 radical (unpaired) electrons. The van der Waals surface area contributed by atoms with Crippen LogP contribution in [0.1, 0.15) is 25.3 Å². The van der Waals surface area contributed by atoms with Gasteiger partial charge in [0.15, 0.2) is 0 Å². The molecule has 2 nitrogen and oxygen atoms in total. The van der Waals surface area contributed by atoms with Crippen molar-refractivity contribution >= 4 is 15.9 Å². The molecular weight excluding hydrogens is 266 g/mol. The average molecular weight is 284 g/mol. The first-order valence-corrected chi connectivity index (χ1v) is 6.55. The van der Waals surface area contributed by atoms with E-state index in [1.54, 1.807) is 0 Å². The molecule has 1 unspecified atom stereocenters. The van der Waals surface area contributed by atoms with Gasteiger partial charge in [0.1, 0.15) is 0 Å². The lowest BCUT2D eigenvalue weighted by Gasteiger charge is -2.29. The Morgan fingerprint density at radius 3 is 2.81 bits per heavy atom. The topological polar surface area (TPSA) is 32.3 Å². The van der Waals surface area contributed by atoms with Gasteiger partial charge in [0.25, 0.3) is 0 Å². The first-order valence-electron chi connectivity index (χ1n) is 5.76. The number of aliphatic hydroxyl groups is 1. The molecular formula is C13H18BrNO. The summed E-state index contributed by atoms with van der Waals surface area (Å²) in [5, 5.41) is 13.1. The third-order valence-corrected chi connectivity index (χ3v) is 3.75. The summed E-state index contributed by atoms with van der Waals surface area (Å²) in [6, 6.07) is 8.13. The molecule has 3 heteroatoms. The zero-order chi connectivity index (χ0) is 11.6. The van der Waals surface area contributed by atoms with E-state index in [4.69, 9.17) is 0 Å². The number of nitrogens with one attached hydrogen (secondary N) is 1. The van der Waals surface area contributed by atoms with Crippen LogP contribution in [0.4, 0.5) is 0 Å². The molecule has 2 N–H and O–H groups in total. The predicted octanol–water partition coefficient (Wildman–Crippen LogP) is 2.66. The third-order valence-electron chi connectivity index (χ3n) is 3.26. The van der Waals surface area contributed by atoms with Crippen LogP contribution in [-0.4, -0.2) is 18.3 Å². The maximum Gasteiger partial charge on any atom is 0.0652 e. The van der Waals surface area contributed by atoms with Gasteiger partial charge < -0.3 is 10.4 Å². The SMILES string of the molecule is CC(CO)(NCC1CC1)c1cccc(Br)c1. The minimum Gasteiger partial charge on any atom is -0.394 e. The van der Waals surface area contributed by atoms with Crippen molar-refractivity contribution in [3.63, 3.8) is 0 Å². The van der Waals surface area contributed by atoms with Crippen LogP contribution < -0.4 is 5.32 Å². The maximum absolute atomic E-state index is 9.59. The molecule has 16 heavy (non-hydrogen) atoms. The molecule has 88 valence electrons. The van der Waals surface area contributed by atoms with E-state index in [9.17, 15) is 5.11 Å². The van der Waals surface area contributed by atoms with E-state index in [0.29, 0.717) is 0 Å². The standard InChI is InChI=1S/C13H18BrNO/c1-13(9-16,15-8-10-5-6-10)11-3-2-4-12(14)7-11/h2-4,7,10,15-16H,5-6,8-9H2,1H3. The summed E-state index contributed by atoms with van der Waals surface area (Å²) in [6.45, 7) is 3.18. The number of hydrogen-bond donors (Lipinski definition) is 2. The maximum atomic E-state index is 9.59. The average Bonchev–Trinajstić information content (AvgIpc) is 3.10. The van der Waals surface area contributed by atoms with Crippen molar-refractivity contribution in [1.82, 2.24) is 5.32 Å². The van der Waals surface area contributed by atoms with Crippen LogP contribution in [0.15, 0.2) is 28.7 Å². The fourth-order valence-electron chi connectivity index (χ4n) is 1.77. The van der Waals surface area contributed by atoms with Crippen LogP contribution in [-0.2, 0) is 5.54 Å². The number of halogens is 1. The van der Waals surface area contributed by atoms with Crippen LogP contribution in [0.5, 0.6) is 0 Å². The molecule has 1 saturated carbocycles. The number of rotatable bonds is 5. The number of hydrogen-bond acceptors (Lipinski definition) is 2. The van der Waals surface area contributed by atoms with Gasteiger partial charge in [-0.05, 0) is 49.9 Å². The van der Waals surface area contributed by atoms with Crippen molar-refractivity contribution in [3.8, 4) is 0 Å². The van der Waals surface area contributed by atoms with E-state index in [1.165, 1.54) is 12.8 Å². The van der Waals surface area contributed by atoms with Gasteiger partial charge in [-0.1, -0.05) is 28.1 Å². The quantitative estimate of drug-likeness (QED) is 0.871. The zero-order valence-electron chi connectivity index (χ0n) is 9.54. The minimum absolute atomic E-state index is 0.121. The molecule has 0 aromatic heterocycles. The highest BCUT2D eigenvalue weighted by molar-refractivity contribution is 9.10. The third kappa shape index (κ3) is 2.84. The van der Waals surface area contributed by atoms with E-state index in [-0.39, 0.29) is 12.1 Å². The second-order valence-electron chi connectivity index (χ2n) is 4.82. The van der Waals surface area contributed by atoms with Crippen LogP contribution in [0.25, 0.3) is 0 Å². The molecule has 1 fully saturated rings. The van der Waals surface area contributed by atoms with E-state index in [1.807, 2.05) is 12.1 Å².